The van der Waals surface area contributed by atoms with Gasteiger partial charge in [-0.3, -0.25) is 0 Å². The van der Waals surface area contributed by atoms with Crippen LogP contribution < -0.4 is 10.6 Å². The molecule has 1 aliphatic carbocycles. The Labute approximate surface area is 118 Å². The molecule has 19 heavy (non-hydrogen) atoms. The van der Waals surface area contributed by atoms with E-state index < -0.39 is 0 Å². The summed E-state index contributed by atoms with van der Waals surface area (Å²) in [6.45, 7) is 5.70. The van der Waals surface area contributed by atoms with Gasteiger partial charge in [-0.1, -0.05) is 45.2 Å². The van der Waals surface area contributed by atoms with Gasteiger partial charge in [-0.2, -0.15) is 0 Å². The predicted octanol–water partition coefficient (Wildman–Crippen LogP) is 4.45. The van der Waals surface area contributed by atoms with Gasteiger partial charge in [0, 0.05) is 12.6 Å². The number of para-hydroxylation sites is 2. The zero-order chi connectivity index (χ0) is 13.7. The normalized spacial score (nSPS) is 23.3. The molecule has 0 amide bonds. The number of hydrogen-bond acceptors (Lipinski definition) is 2. The standard InChI is InChI=1S/C17H28N2/c1-3-12-19(17-11-6-5-10-16(17)18)15-9-7-8-14(4-2)13-15/h5-6,10-11,14-15H,3-4,7-9,12-13,18H2,1-2H3. The molecule has 1 aromatic rings. The van der Waals surface area contributed by atoms with Gasteiger partial charge in [0.05, 0.1) is 11.4 Å². The Kier molecular flexibility index (Phi) is 5.12. The first-order valence-corrected chi connectivity index (χ1v) is 7.87. The second-order valence-corrected chi connectivity index (χ2v) is 5.85. The molecule has 0 spiro atoms. The van der Waals surface area contributed by atoms with Crippen molar-refractivity contribution in [1.29, 1.82) is 0 Å². The number of benzene rings is 1. The van der Waals surface area contributed by atoms with Crippen molar-refractivity contribution < 1.29 is 0 Å². The van der Waals surface area contributed by atoms with E-state index in [0.717, 1.165) is 18.2 Å². The summed E-state index contributed by atoms with van der Waals surface area (Å²) in [6.07, 6.45) is 7.95. The summed E-state index contributed by atoms with van der Waals surface area (Å²) in [4.78, 5) is 2.57. The average molecular weight is 260 g/mol. The second kappa shape index (κ2) is 6.83. The minimum Gasteiger partial charge on any atom is -0.397 e. The summed E-state index contributed by atoms with van der Waals surface area (Å²) >= 11 is 0. The van der Waals surface area contributed by atoms with Crippen molar-refractivity contribution in [2.75, 3.05) is 17.2 Å². The molecule has 2 atom stereocenters. The minimum atomic E-state index is 0.684. The van der Waals surface area contributed by atoms with Crippen molar-refractivity contribution in [3.05, 3.63) is 24.3 Å². The maximum atomic E-state index is 6.18. The molecule has 0 radical (unpaired) electrons. The fraction of sp³-hybridized carbons (Fsp3) is 0.647. The van der Waals surface area contributed by atoms with E-state index in [1.165, 1.54) is 44.2 Å². The van der Waals surface area contributed by atoms with Crippen LogP contribution in [-0.4, -0.2) is 12.6 Å². The fourth-order valence-corrected chi connectivity index (χ4v) is 3.41. The van der Waals surface area contributed by atoms with Crippen molar-refractivity contribution in [3.63, 3.8) is 0 Å². The van der Waals surface area contributed by atoms with Crippen molar-refractivity contribution in [2.45, 2.75) is 58.4 Å². The summed E-state index contributed by atoms with van der Waals surface area (Å²) in [7, 11) is 0. The Morgan fingerprint density at radius 2 is 2.00 bits per heavy atom. The highest BCUT2D eigenvalue weighted by Crippen LogP contribution is 2.34. The van der Waals surface area contributed by atoms with Crippen LogP contribution in [0.3, 0.4) is 0 Å². The van der Waals surface area contributed by atoms with Crippen LogP contribution in [0, 0.1) is 5.92 Å². The zero-order valence-corrected chi connectivity index (χ0v) is 12.4. The molecule has 106 valence electrons. The molecule has 0 aromatic heterocycles. The van der Waals surface area contributed by atoms with Gasteiger partial charge in [0.2, 0.25) is 0 Å². The molecule has 2 heteroatoms. The molecule has 1 fully saturated rings. The molecule has 2 rings (SSSR count). The third-order valence-electron chi connectivity index (χ3n) is 4.48. The molecule has 0 aliphatic heterocycles. The molecule has 2 nitrogen and oxygen atoms in total. The van der Waals surface area contributed by atoms with E-state index in [1.807, 2.05) is 12.1 Å². The lowest BCUT2D eigenvalue weighted by atomic mass is 9.83. The van der Waals surface area contributed by atoms with Gasteiger partial charge in [-0.25, -0.2) is 0 Å². The molecule has 2 unspecified atom stereocenters. The molecule has 1 aliphatic rings. The second-order valence-electron chi connectivity index (χ2n) is 5.85. The van der Waals surface area contributed by atoms with Crippen molar-refractivity contribution in [1.82, 2.24) is 0 Å². The molecular weight excluding hydrogens is 232 g/mol. The van der Waals surface area contributed by atoms with Crippen LogP contribution in [-0.2, 0) is 0 Å². The van der Waals surface area contributed by atoms with Crippen LogP contribution in [0.1, 0.15) is 52.4 Å². The zero-order valence-electron chi connectivity index (χ0n) is 12.4. The van der Waals surface area contributed by atoms with Gasteiger partial charge in [0.1, 0.15) is 0 Å². The smallest absolute Gasteiger partial charge is 0.0602 e. The van der Waals surface area contributed by atoms with Gasteiger partial charge in [0.25, 0.3) is 0 Å². The monoisotopic (exact) mass is 260 g/mol. The first-order chi connectivity index (χ1) is 9.26. The molecule has 1 saturated carbocycles. The van der Waals surface area contributed by atoms with Crippen LogP contribution in [0.4, 0.5) is 11.4 Å². The Hall–Kier alpha value is -1.18. The number of nitrogens with zero attached hydrogens (tertiary/aromatic N) is 1. The number of nitrogen functional groups attached to an aromatic ring is 1. The number of hydrogen-bond donors (Lipinski definition) is 1. The van der Waals surface area contributed by atoms with Gasteiger partial charge in [-0.15, -0.1) is 0 Å². The maximum Gasteiger partial charge on any atom is 0.0602 e. The van der Waals surface area contributed by atoms with Gasteiger partial charge < -0.3 is 10.6 Å². The van der Waals surface area contributed by atoms with E-state index in [4.69, 9.17) is 5.73 Å². The molecule has 0 saturated heterocycles. The topological polar surface area (TPSA) is 29.3 Å². The lowest BCUT2D eigenvalue weighted by Crippen LogP contribution is -2.39. The van der Waals surface area contributed by atoms with Crippen LogP contribution >= 0.6 is 0 Å². The van der Waals surface area contributed by atoms with Crippen molar-refractivity contribution in [2.24, 2.45) is 5.92 Å². The Morgan fingerprint density at radius 1 is 1.21 bits per heavy atom. The summed E-state index contributed by atoms with van der Waals surface area (Å²) in [5, 5.41) is 0. The first-order valence-electron chi connectivity index (χ1n) is 7.87. The number of nitrogens with two attached hydrogens (primary N) is 1. The lowest BCUT2D eigenvalue weighted by Gasteiger charge is -2.39. The summed E-state index contributed by atoms with van der Waals surface area (Å²) in [5.74, 6) is 0.906. The summed E-state index contributed by atoms with van der Waals surface area (Å²) in [6, 6.07) is 9.02. The largest absolute Gasteiger partial charge is 0.397 e. The van der Waals surface area contributed by atoms with E-state index in [0.29, 0.717) is 6.04 Å². The van der Waals surface area contributed by atoms with Crippen LogP contribution in [0.5, 0.6) is 0 Å². The predicted molar refractivity (Wildman–Crippen MR) is 84.5 cm³/mol. The van der Waals surface area contributed by atoms with E-state index in [9.17, 15) is 0 Å². The molecule has 2 N–H and O–H groups in total. The van der Waals surface area contributed by atoms with Crippen LogP contribution in [0.2, 0.25) is 0 Å². The van der Waals surface area contributed by atoms with E-state index >= 15 is 0 Å². The van der Waals surface area contributed by atoms with Crippen LogP contribution in [0.15, 0.2) is 24.3 Å². The van der Waals surface area contributed by atoms with E-state index in [-0.39, 0.29) is 0 Å². The first kappa shape index (κ1) is 14.2. The van der Waals surface area contributed by atoms with Gasteiger partial charge in [0.15, 0.2) is 0 Å². The van der Waals surface area contributed by atoms with Crippen LogP contribution in [0.25, 0.3) is 0 Å². The van der Waals surface area contributed by atoms with Crippen molar-refractivity contribution in [3.8, 4) is 0 Å². The highest BCUT2D eigenvalue weighted by atomic mass is 15.2. The highest BCUT2D eigenvalue weighted by Gasteiger charge is 2.26. The summed E-state index contributed by atoms with van der Waals surface area (Å²) < 4.78 is 0. The number of anilines is 2. The Balaban J connectivity index is 2.17. The molecule has 0 heterocycles. The maximum absolute atomic E-state index is 6.18. The number of rotatable bonds is 5. The lowest BCUT2D eigenvalue weighted by molar-refractivity contribution is 0.303. The highest BCUT2D eigenvalue weighted by molar-refractivity contribution is 5.67. The van der Waals surface area contributed by atoms with Gasteiger partial charge >= 0.3 is 0 Å². The van der Waals surface area contributed by atoms with Crippen molar-refractivity contribution >= 4 is 11.4 Å². The molecular formula is C17H28N2. The Morgan fingerprint density at radius 3 is 2.68 bits per heavy atom. The van der Waals surface area contributed by atoms with E-state index in [1.54, 1.807) is 0 Å². The average Bonchev–Trinajstić information content (AvgIpc) is 2.46. The SMILES string of the molecule is CCCN(c1ccccc1N)C1CCCC(CC)C1. The minimum absolute atomic E-state index is 0.684. The third-order valence-corrected chi connectivity index (χ3v) is 4.48. The summed E-state index contributed by atoms with van der Waals surface area (Å²) in [5.41, 5.74) is 8.35. The molecule has 0 bridgehead atoms. The molecule has 1 aromatic carbocycles. The fourth-order valence-electron chi connectivity index (χ4n) is 3.41. The van der Waals surface area contributed by atoms with Gasteiger partial charge in [-0.05, 0) is 37.3 Å². The quantitative estimate of drug-likeness (QED) is 0.792. The third kappa shape index (κ3) is 3.43. The Bertz CT molecular complexity index is 389. The van der Waals surface area contributed by atoms with E-state index in [2.05, 4.69) is 30.9 Å².